The smallest absolute Gasteiger partial charge is 0.312 e. The molecule has 1 aromatic rings. The van der Waals surface area contributed by atoms with Crippen LogP contribution in [0.5, 0.6) is 0 Å². The molecule has 1 heterocycles. The SMILES string of the molecule is C=C(C)[C@@H]1CC[C@]2(C(=O)OCc3ccccc3)C[C@@H]3OC(C)(C)O[C@H]4C[C@H]5C(C)(C)C(=O)CC[C@]5(C)[C@H]5CC[C@H]([C@@H]12)[C@]3(C)[C@]45C. The first-order valence-electron chi connectivity index (χ1n) is 17.8. The van der Waals surface area contributed by atoms with Gasteiger partial charge in [-0.05, 0) is 106 Å². The summed E-state index contributed by atoms with van der Waals surface area (Å²) in [5, 5.41) is 0. The van der Waals surface area contributed by atoms with E-state index in [2.05, 4.69) is 62.0 Å². The second-order valence-electron chi connectivity index (χ2n) is 17.8. The molecule has 246 valence electrons. The van der Waals surface area contributed by atoms with E-state index in [1.54, 1.807) is 0 Å². The van der Waals surface area contributed by atoms with E-state index in [-0.39, 0.29) is 63.5 Å². The van der Waals surface area contributed by atoms with Gasteiger partial charge in [-0.15, -0.1) is 0 Å². The molecule has 6 aliphatic rings. The Morgan fingerprint density at radius 2 is 1.60 bits per heavy atom. The lowest BCUT2D eigenvalue weighted by Gasteiger charge is -2.73. The van der Waals surface area contributed by atoms with Gasteiger partial charge in [0.05, 0.1) is 17.6 Å². The molecule has 0 radical (unpaired) electrons. The summed E-state index contributed by atoms with van der Waals surface area (Å²) in [7, 11) is 0. The number of rotatable bonds is 4. The highest BCUT2D eigenvalue weighted by atomic mass is 16.7. The number of esters is 1. The Kier molecular flexibility index (Phi) is 7.04. The van der Waals surface area contributed by atoms with E-state index < -0.39 is 11.2 Å². The number of hydrogen-bond donors (Lipinski definition) is 0. The summed E-state index contributed by atoms with van der Waals surface area (Å²) >= 11 is 0. The zero-order valence-electron chi connectivity index (χ0n) is 29.0. The molecule has 5 heteroatoms. The topological polar surface area (TPSA) is 61.8 Å². The highest BCUT2D eigenvalue weighted by molar-refractivity contribution is 5.85. The molecule has 0 bridgehead atoms. The maximum absolute atomic E-state index is 14.6. The predicted octanol–water partition coefficient (Wildman–Crippen LogP) is 8.70. The third-order valence-corrected chi connectivity index (χ3v) is 15.3. The summed E-state index contributed by atoms with van der Waals surface area (Å²) in [6, 6.07) is 10.0. The van der Waals surface area contributed by atoms with Crippen LogP contribution in [0.15, 0.2) is 42.5 Å². The minimum atomic E-state index is -0.807. The van der Waals surface area contributed by atoms with Crippen LogP contribution in [0.4, 0.5) is 0 Å². The Morgan fingerprint density at radius 1 is 0.911 bits per heavy atom. The average Bonchev–Trinajstić information content (AvgIpc) is 3.34. The van der Waals surface area contributed by atoms with E-state index in [0.29, 0.717) is 31.1 Å². The molecule has 5 aliphatic carbocycles. The molecule has 6 fully saturated rings. The number of benzene rings is 1. The zero-order chi connectivity index (χ0) is 32.4. The average molecular weight is 617 g/mol. The fraction of sp³-hybridized carbons (Fsp3) is 0.750. The van der Waals surface area contributed by atoms with Crippen molar-refractivity contribution >= 4 is 11.8 Å². The number of allylic oxidation sites excluding steroid dienone is 1. The summed E-state index contributed by atoms with van der Waals surface area (Å²) in [5.41, 5.74) is 0.908. The Bertz CT molecular complexity index is 1400. The van der Waals surface area contributed by atoms with Gasteiger partial charge in [-0.1, -0.05) is 77.1 Å². The van der Waals surface area contributed by atoms with Crippen molar-refractivity contribution in [3.8, 4) is 0 Å². The van der Waals surface area contributed by atoms with Crippen LogP contribution in [0.3, 0.4) is 0 Å². The number of ketones is 1. The molecule has 45 heavy (non-hydrogen) atoms. The molecular weight excluding hydrogens is 560 g/mol. The van der Waals surface area contributed by atoms with Crippen molar-refractivity contribution < 1.29 is 23.8 Å². The second kappa shape index (κ2) is 10.0. The molecule has 1 aliphatic heterocycles. The van der Waals surface area contributed by atoms with E-state index in [1.165, 1.54) is 5.57 Å². The number of hydrogen-bond acceptors (Lipinski definition) is 5. The van der Waals surface area contributed by atoms with Crippen LogP contribution in [0.2, 0.25) is 0 Å². The first kappa shape index (κ1) is 31.6. The second-order valence-corrected chi connectivity index (χ2v) is 17.8. The monoisotopic (exact) mass is 616 g/mol. The summed E-state index contributed by atoms with van der Waals surface area (Å²) in [5.74, 6) is 0.950. The van der Waals surface area contributed by atoms with E-state index in [4.69, 9.17) is 14.2 Å². The van der Waals surface area contributed by atoms with Crippen molar-refractivity contribution in [3.63, 3.8) is 0 Å². The Labute approximate surface area is 271 Å². The highest BCUT2D eigenvalue weighted by Crippen LogP contribution is 2.79. The van der Waals surface area contributed by atoms with Crippen molar-refractivity contribution in [2.24, 2.45) is 56.7 Å². The summed E-state index contributed by atoms with van der Waals surface area (Å²) in [6.45, 7) is 23.1. The van der Waals surface area contributed by atoms with Crippen LogP contribution in [-0.2, 0) is 30.4 Å². The van der Waals surface area contributed by atoms with Gasteiger partial charge in [0, 0.05) is 22.7 Å². The third-order valence-electron chi connectivity index (χ3n) is 15.3. The van der Waals surface area contributed by atoms with E-state index in [1.807, 2.05) is 30.3 Å². The largest absolute Gasteiger partial charge is 0.460 e. The van der Waals surface area contributed by atoms with Crippen LogP contribution in [0.25, 0.3) is 0 Å². The van der Waals surface area contributed by atoms with Crippen LogP contribution in [0.1, 0.15) is 112 Å². The Balaban J connectivity index is 1.35. The molecule has 1 aromatic carbocycles. The van der Waals surface area contributed by atoms with Crippen molar-refractivity contribution in [1.29, 1.82) is 0 Å². The van der Waals surface area contributed by atoms with Gasteiger partial charge in [0.2, 0.25) is 0 Å². The van der Waals surface area contributed by atoms with Gasteiger partial charge in [0.1, 0.15) is 12.4 Å². The first-order chi connectivity index (χ1) is 21.0. The summed E-state index contributed by atoms with van der Waals surface area (Å²) in [6.07, 6.45) is 6.93. The van der Waals surface area contributed by atoms with Crippen LogP contribution < -0.4 is 0 Å². The highest BCUT2D eigenvalue weighted by Gasteiger charge is 2.78. The fourth-order valence-corrected chi connectivity index (χ4v) is 13.2. The molecule has 5 saturated carbocycles. The number of Topliss-reactive ketones (excluding diaryl/α,β-unsaturated/α-hetero) is 1. The fourth-order valence-electron chi connectivity index (χ4n) is 13.2. The summed E-state index contributed by atoms with van der Waals surface area (Å²) in [4.78, 5) is 28.0. The lowest BCUT2D eigenvalue weighted by atomic mass is 9.31. The molecule has 0 unspecified atom stereocenters. The maximum atomic E-state index is 14.6. The molecule has 0 N–H and O–H groups in total. The van der Waals surface area contributed by atoms with Gasteiger partial charge in [0.25, 0.3) is 0 Å². The van der Waals surface area contributed by atoms with Crippen LogP contribution in [-0.4, -0.2) is 29.7 Å². The normalized spacial score (nSPS) is 47.5. The molecule has 0 aromatic heterocycles. The first-order valence-corrected chi connectivity index (χ1v) is 17.8. The lowest BCUT2D eigenvalue weighted by Crippen LogP contribution is -2.73. The quantitative estimate of drug-likeness (QED) is 0.250. The molecular formula is C40H56O5. The number of fused-ring (bicyclic) bond motifs is 4. The van der Waals surface area contributed by atoms with Crippen molar-refractivity contribution in [3.05, 3.63) is 48.0 Å². The molecule has 7 rings (SSSR count). The van der Waals surface area contributed by atoms with Crippen LogP contribution in [0, 0.1) is 56.7 Å². The van der Waals surface area contributed by atoms with Gasteiger partial charge in [-0.2, -0.15) is 0 Å². The molecule has 1 saturated heterocycles. The number of carbonyl (C=O) groups is 2. The molecule has 11 atom stereocenters. The summed E-state index contributed by atoms with van der Waals surface area (Å²) < 4.78 is 20.6. The molecule has 5 nitrogen and oxygen atoms in total. The molecule has 0 amide bonds. The Morgan fingerprint density at radius 3 is 2.29 bits per heavy atom. The van der Waals surface area contributed by atoms with Crippen molar-refractivity contribution in [2.75, 3.05) is 0 Å². The maximum Gasteiger partial charge on any atom is 0.312 e. The zero-order valence-corrected chi connectivity index (χ0v) is 29.0. The van der Waals surface area contributed by atoms with Gasteiger partial charge in [-0.25, -0.2) is 0 Å². The van der Waals surface area contributed by atoms with Crippen LogP contribution >= 0.6 is 0 Å². The molecule has 0 spiro atoms. The Hall–Kier alpha value is -1.98. The van der Waals surface area contributed by atoms with Gasteiger partial charge < -0.3 is 14.2 Å². The van der Waals surface area contributed by atoms with Crippen molar-refractivity contribution in [2.45, 2.75) is 131 Å². The van der Waals surface area contributed by atoms with Crippen molar-refractivity contribution in [1.82, 2.24) is 0 Å². The van der Waals surface area contributed by atoms with E-state index >= 15 is 0 Å². The number of ether oxygens (including phenoxy) is 3. The standard InChI is InChI=1S/C40H56O5/c1-24(2)26-17-20-40(34(42)43-23-25-13-11-10-12-14-25)22-32-38(8)27(33(26)40)15-16-28-37(7)19-18-30(41)35(3,4)29(37)21-31(39(28,38)9)44-36(5,6)45-32/h10-14,26-29,31-33H,1,15-23H2,2-9H3/t26-,27+,28+,29-,31-,32-,33+,37+,38-,39-,40-/m0/s1. The third kappa shape index (κ3) is 4.11. The van der Waals surface area contributed by atoms with E-state index in [0.717, 1.165) is 44.1 Å². The van der Waals surface area contributed by atoms with E-state index in [9.17, 15) is 9.59 Å². The minimum absolute atomic E-state index is 0.0271. The lowest BCUT2D eigenvalue weighted by molar-refractivity contribution is -0.280. The number of carbonyl (C=O) groups excluding carboxylic acids is 2. The van der Waals surface area contributed by atoms with Gasteiger partial charge in [-0.3, -0.25) is 9.59 Å². The van der Waals surface area contributed by atoms with Gasteiger partial charge >= 0.3 is 5.97 Å². The van der Waals surface area contributed by atoms with Gasteiger partial charge in [0.15, 0.2) is 5.79 Å². The predicted molar refractivity (Wildman–Crippen MR) is 175 cm³/mol. The minimum Gasteiger partial charge on any atom is -0.460 e.